The number of hydrogen-bond donors (Lipinski definition) is 0. The zero-order chi connectivity index (χ0) is 33.0. The molecule has 2 heteroatoms. The first-order chi connectivity index (χ1) is 24.8. The van der Waals surface area contributed by atoms with E-state index < -0.39 is 0 Å². The largest absolute Gasteiger partial charge is 0.454 e. The fourth-order valence-corrected chi connectivity index (χ4v) is 7.67. The van der Waals surface area contributed by atoms with Gasteiger partial charge in [0.1, 0.15) is 5.58 Å². The molecule has 0 atom stereocenters. The van der Waals surface area contributed by atoms with Crippen molar-refractivity contribution < 1.29 is 4.42 Å². The summed E-state index contributed by atoms with van der Waals surface area (Å²) in [7, 11) is 0. The van der Waals surface area contributed by atoms with Crippen molar-refractivity contribution in [3.8, 4) is 22.3 Å². The first kappa shape index (κ1) is 28.4. The highest BCUT2D eigenvalue weighted by Gasteiger charge is 2.20. The zero-order valence-corrected chi connectivity index (χ0v) is 27.3. The topological polar surface area (TPSA) is 16.4 Å². The molecule has 9 aromatic carbocycles. The van der Waals surface area contributed by atoms with Gasteiger partial charge in [0.05, 0.1) is 5.69 Å². The van der Waals surface area contributed by atoms with Crippen LogP contribution in [0, 0.1) is 0 Å². The van der Waals surface area contributed by atoms with Crippen LogP contribution in [0.4, 0.5) is 17.1 Å². The molecule has 0 amide bonds. The third kappa shape index (κ3) is 4.57. The van der Waals surface area contributed by atoms with Crippen molar-refractivity contribution in [1.82, 2.24) is 0 Å². The van der Waals surface area contributed by atoms with Crippen LogP contribution in [0.5, 0.6) is 0 Å². The van der Waals surface area contributed by atoms with Crippen LogP contribution in [-0.2, 0) is 0 Å². The maximum absolute atomic E-state index is 6.58. The molecule has 0 N–H and O–H groups in total. The molecule has 0 aliphatic heterocycles. The normalized spacial score (nSPS) is 11.6. The minimum absolute atomic E-state index is 0.872. The lowest BCUT2D eigenvalue weighted by atomic mass is 9.90. The molecule has 50 heavy (non-hydrogen) atoms. The van der Waals surface area contributed by atoms with E-state index in [9.17, 15) is 0 Å². The number of anilines is 3. The molecule has 0 spiro atoms. The van der Waals surface area contributed by atoms with E-state index in [2.05, 4.69) is 181 Å². The quantitative estimate of drug-likeness (QED) is 0.175. The molecular formula is C48H31NO. The Balaban J connectivity index is 1.16. The Morgan fingerprint density at radius 2 is 0.960 bits per heavy atom. The molecule has 234 valence electrons. The molecule has 0 saturated heterocycles. The van der Waals surface area contributed by atoms with Crippen LogP contribution in [-0.4, -0.2) is 0 Å². The summed E-state index contributed by atoms with van der Waals surface area (Å²) in [6.45, 7) is 0. The fraction of sp³-hybridized carbons (Fsp3) is 0. The predicted octanol–water partition coefficient (Wildman–Crippen LogP) is 13.8. The maximum atomic E-state index is 6.58. The summed E-state index contributed by atoms with van der Waals surface area (Å²) in [6, 6.07) is 67.4. The molecule has 1 aromatic heterocycles. The van der Waals surface area contributed by atoms with Crippen LogP contribution >= 0.6 is 0 Å². The highest BCUT2D eigenvalue weighted by Crippen LogP contribution is 2.44. The Hall–Kier alpha value is -6.64. The SMILES string of the molecule is c1ccc(-c2ccc(N(c3ccc(-c4cc5ccccc5c5ccc6ccccc6c45)cc3)c3cccc4c3oc3ccccc34)cc2)cc1. The van der Waals surface area contributed by atoms with Crippen molar-refractivity contribution >= 4 is 71.3 Å². The van der Waals surface area contributed by atoms with E-state index in [4.69, 9.17) is 4.42 Å². The van der Waals surface area contributed by atoms with Crippen molar-refractivity contribution in [2.75, 3.05) is 4.90 Å². The fourth-order valence-electron chi connectivity index (χ4n) is 7.67. The van der Waals surface area contributed by atoms with Gasteiger partial charge < -0.3 is 9.32 Å². The van der Waals surface area contributed by atoms with Gasteiger partial charge in [0.25, 0.3) is 0 Å². The number of hydrogen-bond acceptors (Lipinski definition) is 2. The van der Waals surface area contributed by atoms with Gasteiger partial charge in [-0.15, -0.1) is 0 Å². The summed E-state index contributed by atoms with van der Waals surface area (Å²) in [5.41, 5.74) is 9.68. The van der Waals surface area contributed by atoms with Crippen molar-refractivity contribution in [2.24, 2.45) is 0 Å². The van der Waals surface area contributed by atoms with Crippen molar-refractivity contribution in [3.05, 3.63) is 188 Å². The first-order valence-electron chi connectivity index (χ1n) is 17.1. The lowest BCUT2D eigenvalue weighted by Crippen LogP contribution is -2.10. The number of nitrogens with zero attached hydrogens (tertiary/aromatic N) is 1. The van der Waals surface area contributed by atoms with Crippen molar-refractivity contribution in [1.29, 1.82) is 0 Å². The second kappa shape index (κ2) is 11.5. The van der Waals surface area contributed by atoms with Crippen LogP contribution in [0.2, 0.25) is 0 Å². The summed E-state index contributed by atoms with van der Waals surface area (Å²) >= 11 is 0. The lowest BCUT2D eigenvalue weighted by Gasteiger charge is -2.26. The Labute approximate surface area is 290 Å². The standard InChI is InChI=1S/C48H31NO/c1-2-11-32(12-3-1)33-21-26-37(27-22-33)49(45-19-10-18-43-41-17-8-9-20-46(41)50-48(43)45)38-28-23-35(24-29-38)44-31-36-14-5-6-15-39(36)42-30-25-34-13-4-7-16-40(34)47(42)44/h1-31H. The molecule has 10 aromatic rings. The van der Waals surface area contributed by atoms with Crippen molar-refractivity contribution in [2.45, 2.75) is 0 Å². The minimum Gasteiger partial charge on any atom is -0.454 e. The van der Waals surface area contributed by atoms with Gasteiger partial charge in [0.2, 0.25) is 0 Å². The van der Waals surface area contributed by atoms with E-state index in [1.165, 1.54) is 54.6 Å². The van der Waals surface area contributed by atoms with Gasteiger partial charge in [0.15, 0.2) is 5.58 Å². The monoisotopic (exact) mass is 637 g/mol. The van der Waals surface area contributed by atoms with Gasteiger partial charge in [-0.1, -0.05) is 146 Å². The molecule has 2 nitrogen and oxygen atoms in total. The van der Waals surface area contributed by atoms with E-state index in [-0.39, 0.29) is 0 Å². The third-order valence-electron chi connectivity index (χ3n) is 10.0. The van der Waals surface area contributed by atoms with Gasteiger partial charge in [-0.3, -0.25) is 0 Å². The lowest BCUT2D eigenvalue weighted by molar-refractivity contribution is 0.669. The molecule has 0 saturated carbocycles. The summed E-state index contributed by atoms with van der Waals surface area (Å²) in [4.78, 5) is 2.32. The molecule has 0 aliphatic rings. The molecule has 0 bridgehead atoms. The molecule has 1 heterocycles. The third-order valence-corrected chi connectivity index (χ3v) is 10.0. The number of rotatable bonds is 5. The molecule has 0 fully saturated rings. The van der Waals surface area contributed by atoms with Crippen LogP contribution in [0.25, 0.3) is 76.5 Å². The summed E-state index contributed by atoms with van der Waals surface area (Å²) in [5.74, 6) is 0. The highest BCUT2D eigenvalue weighted by molar-refractivity contribution is 6.23. The second-order valence-electron chi connectivity index (χ2n) is 12.9. The van der Waals surface area contributed by atoms with Crippen LogP contribution in [0.3, 0.4) is 0 Å². The minimum atomic E-state index is 0.872. The Morgan fingerprint density at radius 3 is 1.74 bits per heavy atom. The number of benzene rings is 9. The molecule has 10 rings (SSSR count). The average molecular weight is 638 g/mol. The van der Waals surface area contributed by atoms with Crippen LogP contribution < -0.4 is 4.90 Å². The van der Waals surface area contributed by atoms with E-state index in [0.29, 0.717) is 0 Å². The van der Waals surface area contributed by atoms with Gasteiger partial charge in [0, 0.05) is 22.1 Å². The van der Waals surface area contributed by atoms with Gasteiger partial charge in [-0.25, -0.2) is 0 Å². The van der Waals surface area contributed by atoms with E-state index in [0.717, 1.165) is 39.0 Å². The van der Waals surface area contributed by atoms with Gasteiger partial charge >= 0.3 is 0 Å². The summed E-state index contributed by atoms with van der Waals surface area (Å²) in [6.07, 6.45) is 0. The smallest absolute Gasteiger partial charge is 0.159 e. The molecule has 0 radical (unpaired) electrons. The predicted molar refractivity (Wildman–Crippen MR) is 212 cm³/mol. The van der Waals surface area contributed by atoms with Gasteiger partial charge in [-0.2, -0.15) is 0 Å². The Morgan fingerprint density at radius 1 is 0.360 bits per heavy atom. The average Bonchev–Trinajstić information content (AvgIpc) is 3.58. The molecule has 0 aliphatic carbocycles. The van der Waals surface area contributed by atoms with Gasteiger partial charge in [-0.05, 0) is 97.0 Å². The van der Waals surface area contributed by atoms with E-state index in [1.54, 1.807) is 0 Å². The summed E-state index contributed by atoms with van der Waals surface area (Å²) < 4.78 is 6.58. The van der Waals surface area contributed by atoms with Crippen molar-refractivity contribution in [3.63, 3.8) is 0 Å². The number of para-hydroxylation sites is 2. The second-order valence-corrected chi connectivity index (χ2v) is 12.9. The molecular weight excluding hydrogens is 607 g/mol. The zero-order valence-electron chi connectivity index (χ0n) is 27.3. The Bertz CT molecular complexity index is 2850. The first-order valence-corrected chi connectivity index (χ1v) is 17.1. The van der Waals surface area contributed by atoms with E-state index >= 15 is 0 Å². The number of furan rings is 1. The van der Waals surface area contributed by atoms with Crippen LogP contribution in [0.1, 0.15) is 0 Å². The maximum Gasteiger partial charge on any atom is 0.159 e. The number of fused-ring (bicyclic) bond motifs is 8. The van der Waals surface area contributed by atoms with E-state index in [1.807, 2.05) is 12.1 Å². The van der Waals surface area contributed by atoms with Crippen LogP contribution in [0.15, 0.2) is 192 Å². The highest BCUT2D eigenvalue weighted by atomic mass is 16.3. The Kier molecular flexibility index (Phi) is 6.53. The molecule has 0 unspecified atom stereocenters. The summed E-state index contributed by atoms with van der Waals surface area (Å²) in [5, 5.41) is 9.82.